The summed E-state index contributed by atoms with van der Waals surface area (Å²) in [5.41, 5.74) is 1.36. The third-order valence-electron chi connectivity index (χ3n) is 3.09. The molecule has 5 nitrogen and oxygen atoms in total. The minimum absolute atomic E-state index is 0.381. The number of rotatable bonds is 6. The maximum absolute atomic E-state index is 11.7. The van der Waals surface area contributed by atoms with E-state index in [1.807, 2.05) is 35.2 Å². The lowest BCUT2D eigenvalue weighted by Crippen LogP contribution is -2.30. The normalized spacial score (nSPS) is 12.0. The summed E-state index contributed by atoms with van der Waals surface area (Å²) in [6.45, 7) is 2.54. The molecule has 112 valence electrons. The van der Waals surface area contributed by atoms with Crippen LogP contribution in [0.3, 0.4) is 0 Å². The van der Waals surface area contributed by atoms with E-state index >= 15 is 0 Å². The maximum Gasteiger partial charge on any atom is 0.341 e. The summed E-state index contributed by atoms with van der Waals surface area (Å²) in [5.74, 6) is 0.0927. The molecule has 21 heavy (non-hydrogen) atoms. The Labute approximate surface area is 123 Å². The fraction of sp³-hybridized carbons (Fsp3) is 0.312. The molecule has 0 radical (unpaired) electrons. The summed E-state index contributed by atoms with van der Waals surface area (Å²) < 4.78 is 10.1. The van der Waals surface area contributed by atoms with Crippen LogP contribution in [-0.2, 0) is 11.3 Å². The highest BCUT2D eigenvalue weighted by Crippen LogP contribution is 2.20. The van der Waals surface area contributed by atoms with Crippen LogP contribution in [0, 0.1) is 0 Å². The highest BCUT2D eigenvalue weighted by Gasteiger charge is 2.19. The van der Waals surface area contributed by atoms with Crippen molar-refractivity contribution in [3.8, 4) is 0 Å². The molecule has 0 aliphatic carbocycles. The second-order valence-corrected chi connectivity index (χ2v) is 4.81. The van der Waals surface area contributed by atoms with Gasteiger partial charge in [-0.2, -0.15) is 0 Å². The number of carbonyl (C=O) groups excluding carboxylic acids is 1. The van der Waals surface area contributed by atoms with Crippen molar-refractivity contribution in [3.05, 3.63) is 54.0 Å². The number of carbonyl (C=O) groups is 1. The van der Waals surface area contributed by atoms with Gasteiger partial charge in [-0.25, -0.2) is 4.79 Å². The van der Waals surface area contributed by atoms with Gasteiger partial charge in [-0.3, -0.25) is 0 Å². The van der Waals surface area contributed by atoms with Gasteiger partial charge in [0, 0.05) is 12.2 Å². The van der Waals surface area contributed by atoms with Crippen molar-refractivity contribution in [2.24, 2.45) is 0 Å². The Kier molecular flexibility index (Phi) is 5.00. The van der Waals surface area contributed by atoms with Gasteiger partial charge < -0.3 is 19.2 Å². The largest absolute Gasteiger partial charge is 0.467 e. The average Bonchev–Trinajstić information content (AvgIpc) is 2.94. The standard InChI is InChI=1S/C16H19NO4/c1-12(18)10-17(13-6-4-3-5-7-13)11-15-14(8-9-21-15)16(19)20-2/h3-9,12,18H,10-11H2,1-2H3. The van der Waals surface area contributed by atoms with E-state index in [1.165, 1.54) is 13.4 Å². The number of hydrogen-bond donors (Lipinski definition) is 1. The predicted octanol–water partition coefficient (Wildman–Crippen LogP) is 2.45. The van der Waals surface area contributed by atoms with Crippen LogP contribution in [0.5, 0.6) is 0 Å². The van der Waals surface area contributed by atoms with Crippen LogP contribution in [0.25, 0.3) is 0 Å². The first-order valence-corrected chi connectivity index (χ1v) is 6.74. The Morgan fingerprint density at radius 1 is 1.33 bits per heavy atom. The first kappa shape index (κ1) is 15.1. The molecule has 0 spiro atoms. The Hall–Kier alpha value is -2.27. The Morgan fingerprint density at radius 2 is 2.05 bits per heavy atom. The number of benzene rings is 1. The molecule has 2 rings (SSSR count). The van der Waals surface area contributed by atoms with E-state index in [-0.39, 0.29) is 0 Å². The molecule has 1 atom stereocenters. The van der Waals surface area contributed by atoms with Crippen LogP contribution in [0.4, 0.5) is 5.69 Å². The molecule has 1 N–H and O–H groups in total. The van der Waals surface area contributed by atoms with Gasteiger partial charge in [0.05, 0.1) is 26.0 Å². The number of aliphatic hydroxyl groups is 1. The van der Waals surface area contributed by atoms with Crippen molar-refractivity contribution in [1.82, 2.24) is 0 Å². The molecule has 1 unspecified atom stereocenters. The van der Waals surface area contributed by atoms with Crippen molar-refractivity contribution < 1.29 is 19.1 Å². The molecule has 0 aliphatic rings. The van der Waals surface area contributed by atoms with E-state index in [2.05, 4.69) is 0 Å². The lowest BCUT2D eigenvalue weighted by atomic mass is 10.2. The predicted molar refractivity (Wildman–Crippen MR) is 79.2 cm³/mol. The fourth-order valence-electron chi connectivity index (χ4n) is 2.15. The Bertz CT molecular complexity index is 577. The van der Waals surface area contributed by atoms with Gasteiger partial charge in [0.1, 0.15) is 11.3 Å². The lowest BCUT2D eigenvalue weighted by molar-refractivity contribution is 0.0598. The molecule has 0 saturated carbocycles. The second kappa shape index (κ2) is 6.95. The molecular weight excluding hydrogens is 270 g/mol. The maximum atomic E-state index is 11.7. The van der Waals surface area contributed by atoms with Crippen molar-refractivity contribution in [3.63, 3.8) is 0 Å². The summed E-state index contributed by atoms with van der Waals surface area (Å²) in [4.78, 5) is 13.6. The topological polar surface area (TPSA) is 62.9 Å². The lowest BCUT2D eigenvalue weighted by Gasteiger charge is -2.25. The zero-order chi connectivity index (χ0) is 15.2. The van der Waals surface area contributed by atoms with E-state index in [0.717, 1.165) is 5.69 Å². The van der Waals surface area contributed by atoms with Gasteiger partial charge in [0.2, 0.25) is 0 Å². The quantitative estimate of drug-likeness (QED) is 0.828. The number of furan rings is 1. The van der Waals surface area contributed by atoms with Gasteiger partial charge in [-0.15, -0.1) is 0 Å². The SMILES string of the molecule is COC(=O)c1ccoc1CN(CC(C)O)c1ccccc1. The van der Waals surface area contributed by atoms with Crippen molar-refractivity contribution in [1.29, 1.82) is 0 Å². The van der Waals surface area contributed by atoms with Crippen molar-refractivity contribution >= 4 is 11.7 Å². The minimum atomic E-state index is -0.498. The zero-order valence-electron chi connectivity index (χ0n) is 12.2. The highest BCUT2D eigenvalue weighted by atomic mass is 16.5. The van der Waals surface area contributed by atoms with Crippen LogP contribution < -0.4 is 4.90 Å². The number of ether oxygens (including phenoxy) is 1. The molecule has 1 aromatic carbocycles. The van der Waals surface area contributed by atoms with E-state index in [4.69, 9.17) is 9.15 Å². The number of esters is 1. The molecule has 1 heterocycles. The van der Waals surface area contributed by atoms with Gasteiger partial charge in [0.15, 0.2) is 0 Å². The van der Waals surface area contributed by atoms with Crippen molar-refractivity contribution in [2.45, 2.75) is 19.6 Å². The zero-order valence-corrected chi connectivity index (χ0v) is 12.2. The van der Waals surface area contributed by atoms with Crippen LogP contribution in [0.1, 0.15) is 23.0 Å². The summed E-state index contributed by atoms with van der Waals surface area (Å²) in [7, 11) is 1.34. The molecular formula is C16H19NO4. The number of aliphatic hydroxyl groups excluding tert-OH is 1. The first-order chi connectivity index (χ1) is 10.1. The van der Waals surface area contributed by atoms with E-state index in [9.17, 15) is 9.90 Å². The van der Waals surface area contributed by atoms with Crippen molar-refractivity contribution in [2.75, 3.05) is 18.6 Å². The van der Waals surface area contributed by atoms with Crippen LogP contribution in [-0.4, -0.2) is 30.8 Å². The monoisotopic (exact) mass is 289 g/mol. The number of methoxy groups -OCH3 is 1. The summed E-state index contributed by atoms with van der Waals surface area (Å²) >= 11 is 0. The van der Waals surface area contributed by atoms with Crippen LogP contribution in [0.2, 0.25) is 0 Å². The molecule has 1 aromatic heterocycles. The van der Waals surface area contributed by atoms with Gasteiger partial charge in [-0.05, 0) is 25.1 Å². The molecule has 0 saturated heterocycles. The molecule has 2 aromatic rings. The van der Waals surface area contributed by atoms with Gasteiger partial charge in [0.25, 0.3) is 0 Å². The van der Waals surface area contributed by atoms with E-state index in [0.29, 0.717) is 24.4 Å². The third-order valence-corrected chi connectivity index (χ3v) is 3.09. The highest BCUT2D eigenvalue weighted by molar-refractivity contribution is 5.90. The third kappa shape index (κ3) is 3.86. The molecule has 0 bridgehead atoms. The smallest absolute Gasteiger partial charge is 0.341 e. The minimum Gasteiger partial charge on any atom is -0.467 e. The van der Waals surface area contributed by atoms with Gasteiger partial charge in [-0.1, -0.05) is 18.2 Å². The van der Waals surface area contributed by atoms with E-state index in [1.54, 1.807) is 13.0 Å². The molecule has 5 heteroatoms. The first-order valence-electron chi connectivity index (χ1n) is 6.74. The van der Waals surface area contributed by atoms with Gasteiger partial charge >= 0.3 is 5.97 Å². The second-order valence-electron chi connectivity index (χ2n) is 4.81. The summed E-state index contributed by atoms with van der Waals surface area (Å²) in [6, 6.07) is 11.3. The molecule has 0 aliphatic heterocycles. The van der Waals surface area contributed by atoms with E-state index < -0.39 is 12.1 Å². The number of para-hydroxylation sites is 1. The molecule has 0 fully saturated rings. The average molecular weight is 289 g/mol. The number of anilines is 1. The van der Waals surface area contributed by atoms with Crippen LogP contribution >= 0.6 is 0 Å². The Morgan fingerprint density at radius 3 is 2.67 bits per heavy atom. The summed E-state index contributed by atoms with van der Waals surface area (Å²) in [6.07, 6.45) is 0.967. The van der Waals surface area contributed by atoms with Crippen LogP contribution in [0.15, 0.2) is 47.1 Å². The number of hydrogen-bond acceptors (Lipinski definition) is 5. The Balaban J connectivity index is 2.24. The number of nitrogens with zero attached hydrogens (tertiary/aromatic N) is 1. The molecule has 0 amide bonds. The fourth-order valence-corrected chi connectivity index (χ4v) is 2.15. The summed E-state index contributed by atoms with van der Waals surface area (Å²) in [5, 5.41) is 9.67.